The molecule has 0 radical (unpaired) electrons. The van der Waals surface area contributed by atoms with Crippen molar-refractivity contribution in [2.24, 2.45) is 0 Å². The summed E-state index contributed by atoms with van der Waals surface area (Å²) in [5.41, 5.74) is 2.16. The van der Waals surface area contributed by atoms with E-state index < -0.39 is 5.97 Å². The van der Waals surface area contributed by atoms with Gasteiger partial charge in [-0.2, -0.15) is 0 Å². The van der Waals surface area contributed by atoms with Gasteiger partial charge in [0.15, 0.2) is 11.6 Å². The molecule has 5 rings (SSSR count). The van der Waals surface area contributed by atoms with Crippen molar-refractivity contribution in [1.82, 2.24) is 19.9 Å². The van der Waals surface area contributed by atoms with E-state index in [-0.39, 0.29) is 0 Å². The first kappa shape index (κ1) is 24.8. The molecule has 0 spiro atoms. The monoisotopic (exact) mass is 520 g/mol. The molecule has 1 aromatic carbocycles. The normalized spacial score (nSPS) is 13.5. The van der Waals surface area contributed by atoms with Gasteiger partial charge in [0.2, 0.25) is 5.95 Å². The summed E-state index contributed by atoms with van der Waals surface area (Å²) in [5.74, 6) is 2.48. The second-order valence-electron chi connectivity index (χ2n) is 8.47. The summed E-state index contributed by atoms with van der Waals surface area (Å²) in [4.78, 5) is 35.8. The molecular formula is C26H28N6O4S. The Labute approximate surface area is 218 Å². The predicted octanol–water partition coefficient (Wildman–Crippen LogP) is 3.81. The molecule has 0 unspecified atom stereocenters. The van der Waals surface area contributed by atoms with E-state index in [9.17, 15) is 4.79 Å². The zero-order valence-corrected chi connectivity index (χ0v) is 21.8. The van der Waals surface area contributed by atoms with Crippen molar-refractivity contribution < 1.29 is 19.0 Å². The molecule has 4 heterocycles. The number of ether oxygens (including phenoxy) is 3. The van der Waals surface area contributed by atoms with E-state index in [4.69, 9.17) is 24.2 Å². The van der Waals surface area contributed by atoms with E-state index in [0.29, 0.717) is 43.7 Å². The fourth-order valence-electron chi connectivity index (χ4n) is 4.04. The van der Waals surface area contributed by atoms with Crippen LogP contribution in [0.2, 0.25) is 0 Å². The standard InChI is InChI=1S/C26H28N6O4S/c1-4-36-25(33)18-14-27-26(28-15-18)31(2)16-20-13-21-22(37-20)24(32-9-11-35-12-10-32)30-23(29-21)17-5-7-19(34-3)8-6-17/h5-8,13-15H,4,9-12,16H2,1-3H3. The first-order chi connectivity index (χ1) is 18.1. The molecule has 0 N–H and O–H groups in total. The van der Waals surface area contributed by atoms with Crippen LogP contribution in [0.15, 0.2) is 42.7 Å². The smallest absolute Gasteiger partial charge is 0.341 e. The molecule has 11 heteroatoms. The van der Waals surface area contributed by atoms with Gasteiger partial charge >= 0.3 is 5.97 Å². The van der Waals surface area contributed by atoms with E-state index in [1.807, 2.05) is 36.2 Å². The molecule has 0 bridgehead atoms. The Morgan fingerprint density at radius 3 is 2.54 bits per heavy atom. The Balaban J connectivity index is 1.45. The molecule has 1 fully saturated rings. The Bertz CT molecular complexity index is 1370. The quantitative estimate of drug-likeness (QED) is 0.319. The minimum Gasteiger partial charge on any atom is -0.497 e. The molecule has 1 aliphatic rings. The van der Waals surface area contributed by atoms with Crippen LogP contribution in [0.25, 0.3) is 21.6 Å². The van der Waals surface area contributed by atoms with Crippen LogP contribution < -0.4 is 14.5 Å². The maximum absolute atomic E-state index is 11.9. The Morgan fingerprint density at radius 2 is 1.86 bits per heavy atom. The molecule has 1 saturated heterocycles. The number of benzene rings is 1. The minimum atomic E-state index is -0.428. The van der Waals surface area contributed by atoms with Crippen LogP contribution in [-0.2, 0) is 16.0 Å². The number of hydrogen-bond donors (Lipinski definition) is 0. The van der Waals surface area contributed by atoms with Crippen molar-refractivity contribution in [2.75, 3.05) is 56.9 Å². The second kappa shape index (κ2) is 11.1. The predicted molar refractivity (Wildman–Crippen MR) is 143 cm³/mol. The summed E-state index contributed by atoms with van der Waals surface area (Å²) in [6.07, 6.45) is 2.98. The summed E-state index contributed by atoms with van der Waals surface area (Å²) in [5, 5.41) is 0. The Morgan fingerprint density at radius 1 is 1.14 bits per heavy atom. The molecule has 10 nitrogen and oxygen atoms in total. The SMILES string of the molecule is CCOC(=O)c1cnc(N(C)Cc2cc3nc(-c4ccc(OC)cc4)nc(N4CCOCC4)c3s2)nc1. The number of hydrogen-bond acceptors (Lipinski definition) is 11. The number of methoxy groups -OCH3 is 1. The zero-order valence-electron chi connectivity index (χ0n) is 21.0. The third-order valence-electron chi connectivity index (χ3n) is 5.95. The van der Waals surface area contributed by atoms with Gasteiger partial charge in [0, 0.05) is 43.0 Å². The highest BCUT2D eigenvalue weighted by molar-refractivity contribution is 7.19. The first-order valence-corrected chi connectivity index (χ1v) is 12.8. The highest BCUT2D eigenvalue weighted by Gasteiger charge is 2.21. The highest BCUT2D eigenvalue weighted by atomic mass is 32.1. The van der Waals surface area contributed by atoms with Crippen molar-refractivity contribution in [3.05, 3.63) is 53.2 Å². The van der Waals surface area contributed by atoms with E-state index in [0.717, 1.165) is 45.3 Å². The van der Waals surface area contributed by atoms with Crippen LogP contribution in [-0.4, -0.2) is 73.0 Å². The Kier molecular flexibility index (Phi) is 7.42. The van der Waals surface area contributed by atoms with Crippen molar-refractivity contribution in [1.29, 1.82) is 0 Å². The maximum atomic E-state index is 11.9. The number of esters is 1. The highest BCUT2D eigenvalue weighted by Crippen LogP contribution is 2.35. The molecule has 3 aromatic heterocycles. The third-order valence-corrected chi connectivity index (χ3v) is 7.05. The van der Waals surface area contributed by atoms with E-state index in [1.165, 1.54) is 12.4 Å². The molecule has 0 aliphatic carbocycles. The lowest BCUT2D eigenvalue weighted by Gasteiger charge is -2.28. The lowest BCUT2D eigenvalue weighted by atomic mass is 10.2. The average molecular weight is 521 g/mol. The number of carbonyl (C=O) groups is 1. The molecule has 0 saturated carbocycles. The molecule has 192 valence electrons. The van der Waals surface area contributed by atoms with Crippen LogP contribution in [0.3, 0.4) is 0 Å². The van der Waals surface area contributed by atoms with Gasteiger partial charge in [-0.15, -0.1) is 11.3 Å². The number of rotatable bonds is 8. The van der Waals surface area contributed by atoms with Gasteiger partial charge in [0.05, 0.1) is 49.3 Å². The molecule has 1 aliphatic heterocycles. The zero-order chi connectivity index (χ0) is 25.8. The largest absolute Gasteiger partial charge is 0.497 e. The van der Waals surface area contributed by atoms with Gasteiger partial charge in [0.1, 0.15) is 5.75 Å². The number of thiophene rings is 1. The number of anilines is 2. The van der Waals surface area contributed by atoms with Crippen LogP contribution in [0, 0.1) is 0 Å². The summed E-state index contributed by atoms with van der Waals surface area (Å²) in [7, 11) is 3.57. The van der Waals surface area contributed by atoms with Crippen LogP contribution in [0.4, 0.5) is 11.8 Å². The topological polar surface area (TPSA) is 103 Å². The van der Waals surface area contributed by atoms with Crippen molar-refractivity contribution in [3.63, 3.8) is 0 Å². The molecule has 37 heavy (non-hydrogen) atoms. The third kappa shape index (κ3) is 5.47. The summed E-state index contributed by atoms with van der Waals surface area (Å²) >= 11 is 1.67. The molecule has 4 aromatic rings. The lowest BCUT2D eigenvalue weighted by Crippen LogP contribution is -2.36. The van der Waals surface area contributed by atoms with Gasteiger partial charge in [-0.1, -0.05) is 0 Å². The minimum absolute atomic E-state index is 0.307. The Hall–Kier alpha value is -3.83. The fraction of sp³-hybridized carbons (Fsp3) is 0.346. The van der Waals surface area contributed by atoms with E-state index in [1.54, 1.807) is 25.4 Å². The van der Waals surface area contributed by atoms with Gasteiger partial charge < -0.3 is 24.0 Å². The van der Waals surface area contributed by atoms with Crippen LogP contribution in [0.1, 0.15) is 22.2 Å². The summed E-state index contributed by atoms with van der Waals surface area (Å²) in [6, 6.07) is 9.88. The van der Waals surface area contributed by atoms with Gasteiger partial charge in [-0.05, 0) is 37.3 Å². The van der Waals surface area contributed by atoms with Crippen LogP contribution in [0.5, 0.6) is 5.75 Å². The van der Waals surface area contributed by atoms with Gasteiger partial charge in [-0.3, -0.25) is 0 Å². The summed E-state index contributed by atoms with van der Waals surface area (Å²) < 4.78 is 16.9. The number of fused-ring (bicyclic) bond motifs is 1. The number of aromatic nitrogens is 4. The van der Waals surface area contributed by atoms with Crippen molar-refractivity contribution in [2.45, 2.75) is 13.5 Å². The van der Waals surface area contributed by atoms with E-state index in [2.05, 4.69) is 20.9 Å². The maximum Gasteiger partial charge on any atom is 0.341 e. The number of morpholine rings is 1. The second-order valence-corrected chi connectivity index (χ2v) is 9.61. The first-order valence-electron chi connectivity index (χ1n) is 12.0. The number of nitrogens with zero attached hydrogens (tertiary/aromatic N) is 6. The molecule has 0 atom stereocenters. The van der Waals surface area contributed by atoms with Crippen LogP contribution >= 0.6 is 11.3 Å². The van der Waals surface area contributed by atoms with Gasteiger partial charge in [0.25, 0.3) is 0 Å². The average Bonchev–Trinajstić information content (AvgIpc) is 3.35. The lowest BCUT2D eigenvalue weighted by molar-refractivity contribution is 0.0525. The molecule has 0 amide bonds. The fourth-order valence-corrected chi connectivity index (χ4v) is 5.21. The number of carbonyl (C=O) groups excluding carboxylic acids is 1. The van der Waals surface area contributed by atoms with Crippen molar-refractivity contribution in [3.8, 4) is 17.1 Å². The van der Waals surface area contributed by atoms with Crippen molar-refractivity contribution >= 4 is 39.3 Å². The van der Waals surface area contributed by atoms with Gasteiger partial charge in [-0.25, -0.2) is 24.7 Å². The van der Waals surface area contributed by atoms with E-state index >= 15 is 0 Å². The molecular weight excluding hydrogens is 492 g/mol. The summed E-state index contributed by atoms with van der Waals surface area (Å²) in [6.45, 7) is 5.56.